The Labute approximate surface area is 245 Å². The normalized spacial score (nSPS) is 15.4. The fourth-order valence-electron chi connectivity index (χ4n) is 5.39. The number of fused-ring (bicyclic) bond motifs is 1. The predicted octanol–water partition coefficient (Wildman–Crippen LogP) is 2.38. The molecule has 11 heteroatoms. The number of imide groups is 1. The molecular formula is C31H37N5O6. The number of anilines is 1. The molecule has 2 aromatic rings. The van der Waals surface area contributed by atoms with Crippen molar-refractivity contribution in [3.63, 3.8) is 0 Å². The van der Waals surface area contributed by atoms with Crippen LogP contribution >= 0.6 is 0 Å². The second-order valence-corrected chi connectivity index (χ2v) is 10.6. The number of nitrogens with zero attached hydrogens (tertiary/aromatic N) is 3. The van der Waals surface area contributed by atoms with Gasteiger partial charge in [0.1, 0.15) is 12.3 Å². The monoisotopic (exact) mass is 575 g/mol. The van der Waals surface area contributed by atoms with E-state index in [4.69, 9.17) is 5.73 Å². The fourth-order valence-corrected chi connectivity index (χ4v) is 5.39. The number of piperazine rings is 1. The van der Waals surface area contributed by atoms with Crippen molar-refractivity contribution < 1.29 is 28.8 Å². The van der Waals surface area contributed by atoms with Gasteiger partial charge in [0.05, 0.1) is 11.1 Å². The Hall–Kier alpha value is -4.54. The Morgan fingerprint density at radius 1 is 0.929 bits per heavy atom. The largest absolute Gasteiger partial charge is 0.385 e. The average molecular weight is 576 g/mol. The summed E-state index contributed by atoms with van der Waals surface area (Å²) in [5.41, 5.74) is 8.10. The van der Waals surface area contributed by atoms with Crippen molar-refractivity contribution in [3.8, 4) is 0 Å². The number of carbonyl (C=O) groups excluding carboxylic acids is 6. The Kier molecular flexibility index (Phi) is 10.1. The van der Waals surface area contributed by atoms with Gasteiger partial charge in [-0.15, -0.1) is 0 Å². The molecule has 5 amide bonds. The van der Waals surface area contributed by atoms with E-state index < -0.39 is 23.8 Å². The first-order valence-electron chi connectivity index (χ1n) is 14.3. The second-order valence-electron chi connectivity index (χ2n) is 10.6. The molecule has 1 fully saturated rings. The SMILES string of the molecule is Cc1ccccc1C(=O)N1CCN(C(=O)CCCCCNc2ccc3c(c2)C(=O)N(C(CCC=O)C(N)=O)C3=O)CC1. The zero-order chi connectivity index (χ0) is 30.2. The lowest BCUT2D eigenvalue weighted by atomic mass is 10.1. The van der Waals surface area contributed by atoms with E-state index in [2.05, 4.69) is 5.32 Å². The molecule has 11 nitrogen and oxygen atoms in total. The number of nitrogens with one attached hydrogen (secondary N) is 1. The maximum Gasteiger partial charge on any atom is 0.262 e. The van der Waals surface area contributed by atoms with Crippen LogP contribution in [-0.4, -0.2) is 89.3 Å². The van der Waals surface area contributed by atoms with E-state index >= 15 is 0 Å². The quantitative estimate of drug-likeness (QED) is 0.211. The van der Waals surface area contributed by atoms with Crippen LogP contribution in [0.25, 0.3) is 0 Å². The summed E-state index contributed by atoms with van der Waals surface area (Å²) in [5, 5.41) is 3.24. The molecule has 0 aromatic heterocycles. The van der Waals surface area contributed by atoms with Crippen molar-refractivity contribution in [1.82, 2.24) is 14.7 Å². The lowest BCUT2D eigenvalue weighted by Gasteiger charge is -2.35. The molecule has 2 aromatic carbocycles. The van der Waals surface area contributed by atoms with Crippen LogP contribution in [0.5, 0.6) is 0 Å². The molecule has 2 aliphatic rings. The Balaban J connectivity index is 1.17. The van der Waals surface area contributed by atoms with Gasteiger partial charge in [0.25, 0.3) is 17.7 Å². The third kappa shape index (κ3) is 6.84. The fraction of sp³-hybridized carbons (Fsp3) is 0.419. The van der Waals surface area contributed by atoms with Crippen molar-refractivity contribution >= 4 is 41.5 Å². The molecule has 0 saturated carbocycles. The van der Waals surface area contributed by atoms with Gasteiger partial charge in [-0.2, -0.15) is 0 Å². The van der Waals surface area contributed by atoms with Crippen LogP contribution in [-0.2, 0) is 14.4 Å². The average Bonchev–Trinajstić information content (AvgIpc) is 3.23. The molecule has 0 radical (unpaired) electrons. The molecule has 2 heterocycles. The molecule has 1 unspecified atom stereocenters. The third-order valence-electron chi connectivity index (χ3n) is 7.81. The zero-order valence-electron chi connectivity index (χ0n) is 23.8. The summed E-state index contributed by atoms with van der Waals surface area (Å²) < 4.78 is 0. The topological polar surface area (TPSA) is 150 Å². The highest BCUT2D eigenvalue weighted by molar-refractivity contribution is 6.23. The van der Waals surface area contributed by atoms with Crippen LogP contribution in [0.1, 0.15) is 75.2 Å². The smallest absolute Gasteiger partial charge is 0.262 e. The minimum Gasteiger partial charge on any atom is -0.385 e. The number of nitrogens with two attached hydrogens (primary N) is 1. The first-order chi connectivity index (χ1) is 20.2. The van der Waals surface area contributed by atoms with Crippen molar-refractivity contribution in [2.75, 3.05) is 38.0 Å². The number of amides is 5. The number of hydrogen-bond acceptors (Lipinski definition) is 7. The number of benzene rings is 2. The van der Waals surface area contributed by atoms with Gasteiger partial charge in [-0.05, 0) is 56.0 Å². The molecule has 42 heavy (non-hydrogen) atoms. The van der Waals surface area contributed by atoms with E-state index in [0.29, 0.717) is 56.7 Å². The lowest BCUT2D eigenvalue weighted by Crippen LogP contribution is -2.50. The van der Waals surface area contributed by atoms with Crippen LogP contribution < -0.4 is 11.1 Å². The van der Waals surface area contributed by atoms with Crippen molar-refractivity contribution in [2.45, 2.75) is 51.5 Å². The van der Waals surface area contributed by atoms with E-state index in [-0.39, 0.29) is 35.8 Å². The van der Waals surface area contributed by atoms with Crippen LogP contribution in [0.3, 0.4) is 0 Å². The molecule has 0 bridgehead atoms. The van der Waals surface area contributed by atoms with E-state index in [1.807, 2.05) is 41.0 Å². The molecule has 3 N–H and O–H groups in total. The molecule has 1 saturated heterocycles. The van der Waals surface area contributed by atoms with Crippen LogP contribution in [0, 0.1) is 6.92 Å². The lowest BCUT2D eigenvalue weighted by molar-refractivity contribution is -0.132. The first kappa shape index (κ1) is 30.4. The summed E-state index contributed by atoms with van der Waals surface area (Å²) in [4.78, 5) is 78.3. The van der Waals surface area contributed by atoms with Gasteiger partial charge in [0.15, 0.2) is 0 Å². The van der Waals surface area contributed by atoms with Gasteiger partial charge in [-0.3, -0.25) is 28.9 Å². The van der Waals surface area contributed by atoms with E-state index in [0.717, 1.165) is 29.7 Å². The Morgan fingerprint density at radius 2 is 1.62 bits per heavy atom. The van der Waals surface area contributed by atoms with Crippen LogP contribution in [0.2, 0.25) is 0 Å². The number of hydrogen-bond donors (Lipinski definition) is 2. The molecule has 2 aliphatic heterocycles. The van der Waals surface area contributed by atoms with Gasteiger partial charge < -0.3 is 25.6 Å². The minimum absolute atomic E-state index is 0.00551. The summed E-state index contributed by atoms with van der Waals surface area (Å²) in [6.07, 6.45) is 3.43. The van der Waals surface area contributed by atoms with Crippen molar-refractivity contribution in [2.24, 2.45) is 5.73 Å². The predicted molar refractivity (Wildman–Crippen MR) is 156 cm³/mol. The molecular weight excluding hydrogens is 538 g/mol. The molecule has 222 valence electrons. The number of unbranched alkanes of at least 4 members (excludes halogenated alkanes) is 2. The second kappa shape index (κ2) is 13.9. The standard InChI is InChI=1S/C31H37N5O6/c1-21-8-4-5-9-23(21)29(40)35-17-15-34(16-18-35)27(38)11-3-2-6-14-33-22-12-13-24-25(20-22)31(42)36(30(24)41)26(28(32)39)10-7-19-37/h4-5,8-9,12-13,19-20,26,33H,2-3,6-7,10-11,14-18H2,1H3,(H2,32,39). The third-order valence-corrected chi connectivity index (χ3v) is 7.81. The first-order valence-corrected chi connectivity index (χ1v) is 14.3. The van der Waals surface area contributed by atoms with E-state index in [9.17, 15) is 28.8 Å². The molecule has 4 rings (SSSR count). The Morgan fingerprint density at radius 3 is 2.31 bits per heavy atom. The molecule has 0 spiro atoms. The summed E-state index contributed by atoms with van der Waals surface area (Å²) in [7, 11) is 0. The molecule has 0 aliphatic carbocycles. The number of carbonyl (C=O) groups is 6. The molecule has 1 atom stereocenters. The van der Waals surface area contributed by atoms with Crippen molar-refractivity contribution in [1.29, 1.82) is 0 Å². The van der Waals surface area contributed by atoms with Gasteiger partial charge in [0.2, 0.25) is 11.8 Å². The number of aldehydes is 1. The van der Waals surface area contributed by atoms with Crippen molar-refractivity contribution in [3.05, 3.63) is 64.7 Å². The van der Waals surface area contributed by atoms with E-state index in [1.54, 1.807) is 18.2 Å². The zero-order valence-corrected chi connectivity index (χ0v) is 23.8. The van der Waals surface area contributed by atoms with E-state index in [1.165, 1.54) is 0 Å². The number of aryl methyl sites for hydroxylation is 1. The number of rotatable bonds is 13. The maximum absolute atomic E-state index is 12.9. The maximum atomic E-state index is 12.9. The highest BCUT2D eigenvalue weighted by atomic mass is 16.2. The van der Waals surface area contributed by atoms with Crippen LogP contribution in [0.4, 0.5) is 5.69 Å². The highest BCUT2D eigenvalue weighted by Crippen LogP contribution is 2.28. The summed E-state index contributed by atoms with van der Waals surface area (Å²) in [6, 6.07) is 11.2. The van der Waals surface area contributed by atoms with Gasteiger partial charge in [0, 0.05) is 56.8 Å². The summed E-state index contributed by atoms with van der Waals surface area (Å²) in [6.45, 7) is 4.65. The number of primary amides is 1. The van der Waals surface area contributed by atoms with Gasteiger partial charge in [-0.1, -0.05) is 24.6 Å². The summed E-state index contributed by atoms with van der Waals surface area (Å²) in [5.74, 6) is -1.93. The van der Waals surface area contributed by atoms with Crippen LogP contribution in [0.15, 0.2) is 42.5 Å². The van der Waals surface area contributed by atoms with Gasteiger partial charge >= 0.3 is 0 Å². The minimum atomic E-state index is -1.17. The Bertz CT molecular complexity index is 1370. The van der Waals surface area contributed by atoms with Gasteiger partial charge in [-0.25, -0.2) is 0 Å². The summed E-state index contributed by atoms with van der Waals surface area (Å²) >= 11 is 0. The highest BCUT2D eigenvalue weighted by Gasteiger charge is 2.42.